The molecule has 124 valence electrons. The Morgan fingerprint density at radius 2 is 2.17 bits per heavy atom. The van der Waals surface area contributed by atoms with E-state index in [0.29, 0.717) is 17.9 Å². The first-order valence-corrected chi connectivity index (χ1v) is 8.83. The second-order valence-electron chi connectivity index (χ2n) is 7.09. The maximum atomic E-state index is 6.52. The Hall–Kier alpha value is -2.25. The molecule has 0 aromatic heterocycles. The van der Waals surface area contributed by atoms with Crippen LogP contribution in [-0.2, 0) is 0 Å². The maximum Gasteiger partial charge on any atom is 0.0865 e. The lowest BCUT2D eigenvalue weighted by molar-refractivity contribution is 0.300. The third-order valence-corrected chi connectivity index (χ3v) is 5.28. The molecular weight excluding hydrogens is 296 g/mol. The minimum absolute atomic E-state index is 0.0619. The van der Waals surface area contributed by atoms with Crippen molar-refractivity contribution in [1.29, 1.82) is 0 Å². The number of hydrogen-bond donors (Lipinski definition) is 3. The molecular formula is C20H24N4. The van der Waals surface area contributed by atoms with E-state index in [4.69, 9.17) is 17.1 Å². The summed E-state index contributed by atoms with van der Waals surface area (Å²) in [6.07, 6.45) is 12.1. The van der Waals surface area contributed by atoms with E-state index >= 15 is 0 Å². The number of nitrogens with one attached hydrogen (secondary N) is 2. The van der Waals surface area contributed by atoms with E-state index in [2.05, 4.69) is 28.8 Å². The summed E-state index contributed by atoms with van der Waals surface area (Å²) in [6.45, 7) is 0.725. The molecule has 3 aliphatic rings. The van der Waals surface area contributed by atoms with E-state index in [0.717, 1.165) is 42.0 Å². The molecule has 24 heavy (non-hydrogen) atoms. The Balaban J connectivity index is 1.55. The third-order valence-electron chi connectivity index (χ3n) is 5.28. The zero-order valence-electron chi connectivity index (χ0n) is 13.8. The molecule has 1 aromatic rings. The van der Waals surface area contributed by atoms with Crippen LogP contribution >= 0.6 is 0 Å². The van der Waals surface area contributed by atoms with E-state index in [-0.39, 0.29) is 6.04 Å². The Labute approximate surface area is 143 Å². The molecule has 2 saturated carbocycles. The van der Waals surface area contributed by atoms with Crippen LogP contribution < -0.4 is 16.4 Å². The van der Waals surface area contributed by atoms with Crippen molar-refractivity contribution in [3.05, 3.63) is 36.0 Å². The number of aliphatic imine (C=N–C) groups is 1. The molecule has 1 aromatic carbocycles. The van der Waals surface area contributed by atoms with Crippen LogP contribution in [0.15, 0.2) is 41.0 Å². The van der Waals surface area contributed by atoms with Crippen LogP contribution in [0.25, 0.3) is 0 Å². The van der Waals surface area contributed by atoms with Crippen molar-refractivity contribution in [3.63, 3.8) is 0 Å². The number of fused-ring (bicyclic) bond motifs is 1. The van der Waals surface area contributed by atoms with Crippen LogP contribution in [-0.4, -0.2) is 24.3 Å². The molecule has 2 aliphatic carbocycles. The van der Waals surface area contributed by atoms with Gasteiger partial charge in [-0.25, -0.2) is 4.99 Å². The number of nitrogens with zero attached hydrogens (tertiary/aromatic N) is 1. The first kappa shape index (κ1) is 15.3. The minimum Gasteiger partial charge on any atom is -0.388 e. The molecule has 0 saturated heterocycles. The van der Waals surface area contributed by atoms with Crippen LogP contribution in [0.2, 0.25) is 0 Å². The zero-order chi connectivity index (χ0) is 16.5. The number of terminal acetylenes is 1. The van der Waals surface area contributed by atoms with Crippen molar-refractivity contribution >= 4 is 17.1 Å². The van der Waals surface area contributed by atoms with Gasteiger partial charge in [0.25, 0.3) is 0 Å². The molecule has 4 nitrogen and oxygen atoms in total. The summed E-state index contributed by atoms with van der Waals surface area (Å²) in [5.41, 5.74) is 10.8. The predicted octanol–water partition coefficient (Wildman–Crippen LogP) is 2.81. The van der Waals surface area contributed by atoms with Gasteiger partial charge in [0.05, 0.1) is 23.6 Å². The van der Waals surface area contributed by atoms with Gasteiger partial charge in [-0.2, -0.15) is 0 Å². The van der Waals surface area contributed by atoms with Crippen LogP contribution in [0.4, 0.5) is 11.4 Å². The van der Waals surface area contributed by atoms with E-state index < -0.39 is 0 Å². The maximum absolute atomic E-state index is 6.52. The average molecular weight is 320 g/mol. The molecule has 0 amide bonds. The quantitative estimate of drug-likeness (QED) is 0.731. The van der Waals surface area contributed by atoms with Gasteiger partial charge in [0.2, 0.25) is 0 Å². The van der Waals surface area contributed by atoms with Crippen LogP contribution in [0.1, 0.15) is 25.7 Å². The van der Waals surface area contributed by atoms with Gasteiger partial charge in [-0.05, 0) is 43.7 Å². The van der Waals surface area contributed by atoms with E-state index in [1.54, 1.807) is 0 Å². The predicted molar refractivity (Wildman–Crippen MR) is 99.3 cm³/mol. The summed E-state index contributed by atoms with van der Waals surface area (Å²) in [6, 6.07) is 8.68. The molecule has 0 bridgehead atoms. The number of hydrogen-bond acceptors (Lipinski definition) is 4. The highest BCUT2D eigenvalue weighted by Gasteiger charge is 2.34. The summed E-state index contributed by atoms with van der Waals surface area (Å²) in [5, 5.41) is 6.98. The lowest BCUT2D eigenvalue weighted by atomic mass is 9.81. The number of rotatable bonds is 5. The van der Waals surface area contributed by atoms with Gasteiger partial charge in [-0.1, -0.05) is 12.1 Å². The van der Waals surface area contributed by atoms with E-state index in [1.165, 1.54) is 12.8 Å². The topological polar surface area (TPSA) is 62.4 Å². The largest absolute Gasteiger partial charge is 0.388 e. The van der Waals surface area contributed by atoms with Crippen molar-refractivity contribution in [3.8, 4) is 12.3 Å². The summed E-state index contributed by atoms with van der Waals surface area (Å²) >= 11 is 0. The van der Waals surface area contributed by atoms with E-state index in [9.17, 15) is 0 Å². The molecule has 1 heterocycles. The van der Waals surface area contributed by atoms with Crippen molar-refractivity contribution in [2.45, 2.75) is 37.8 Å². The normalized spacial score (nSPS) is 27.0. The van der Waals surface area contributed by atoms with Crippen LogP contribution in [0, 0.1) is 24.2 Å². The first-order chi connectivity index (χ1) is 11.7. The Kier molecular flexibility index (Phi) is 4.03. The lowest BCUT2D eigenvalue weighted by Gasteiger charge is -2.33. The standard InChI is InChI=1S/C20H24N4/c1-2-13-9-15(10-13)22-11-16(20(21)14-7-8-14)19-12-23-17-5-3-4-6-18(17)24-19/h1,3-6,11,13-15,20,22-23H,7-10,12,21H2/b16-11-. The fourth-order valence-corrected chi connectivity index (χ4v) is 3.43. The van der Waals surface area contributed by atoms with Crippen molar-refractivity contribution < 1.29 is 0 Å². The molecule has 0 spiro atoms. The Morgan fingerprint density at radius 3 is 2.92 bits per heavy atom. The van der Waals surface area contributed by atoms with Gasteiger partial charge in [0, 0.05) is 29.8 Å². The molecule has 0 radical (unpaired) electrons. The molecule has 4 heteroatoms. The van der Waals surface area contributed by atoms with E-state index in [1.807, 2.05) is 18.2 Å². The van der Waals surface area contributed by atoms with Gasteiger partial charge >= 0.3 is 0 Å². The second kappa shape index (κ2) is 6.33. The lowest BCUT2D eigenvalue weighted by Crippen LogP contribution is -2.40. The van der Waals surface area contributed by atoms with Gasteiger partial charge < -0.3 is 16.4 Å². The highest BCUT2D eigenvalue weighted by atomic mass is 15.0. The highest BCUT2D eigenvalue weighted by Crippen LogP contribution is 2.36. The number of para-hydroxylation sites is 2. The van der Waals surface area contributed by atoms with Gasteiger partial charge in [-0.3, -0.25) is 0 Å². The summed E-state index contributed by atoms with van der Waals surface area (Å²) in [7, 11) is 0. The van der Waals surface area contributed by atoms with Gasteiger partial charge in [-0.15, -0.1) is 12.3 Å². The molecule has 4 rings (SSSR count). The minimum atomic E-state index is 0.0619. The van der Waals surface area contributed by atoms with Gasteiger partial charge in [0.15, 0.2) is 0 Å². The van der Waals surface area contributed by atoms with Crippen molar-refractivity contribution in [1.82, 2.24) is 5.32 Å². The SMILES string of the molecule is C#CC1CC(N/C=C(/C2=Nc3ccccc3NC2)C(N)C2CC2)C1. The Bertz CT molecular complexity index is 717. The van der Waals surface area contributed by atoms with Crippen LogP contribution in [0.3, 0.4) is 0 Å². The Morgan fingerprint density at radius 1 is 1.38 bits per heavy atom. The second-order valence-corrected chi connectivity index (χ2v) is 7.09. The third kappa shape index (κ3) is 3.05. The fourth-order valence-electron chi connectivity index (χ4n) is 3.43. The number of benzene rings is 1. The summed E-state index contributed by atoms with van der Waals surface area (Å²) in [4.78, 5) is 4.86. The molecule has 2 fully saturated rings. The summed E-state index contributed by atoms with van der Waals surface area (Å²) in [5.74, 6) is 3.85. The first-order valence-electron chi connectivity index (χ1n) is 8.83. The number of anilines is 1. The summed E-state index contributed by atoms with van der Waals surface area (Å²) < 4.78 is 0. The molecule has 1 atom stereocenters. The molecule has 1 unspecified atom stereocenters. The smallest absolute Gasteiger partial charge is 0.0865 e. The average Bonchev–Trinajstić information content (AvgIpc) is 3.41. The number of nitrogens with two attached hydrogens (primary N) is 1. The zero-order valence-corrected chi connectivity index (χ0v) is 13.8. The van der Waals surface area contributed by atoms with Gasteiger partial charge in [0.1, 0.15) is 0 Å². The van der Waals surface area contributed by atoms with Crippen molar-refractivity contribution in [2.24, 2.45) is 22.6 Å². The van der Waals surface area contributed by atoms with Crippen molar-refractivity contribution in [2.75, 3.05) is 11.9 Å². The molecule has 1 aliphatic heterocycles. The monoisotopic (exact) mass is 320 g/mol. The fraction of sp³-hybridized carbons (Fsp3) is 0.450. The van der Waals surface area contributed by atoms with Crippen LogP contribution in [0.5, 0.6) is 0 Å². The highest BCUT2D eigenvalue weighted by molar-refractivity contribution is 6.07. The molecule has 4 N–H and O–H groups in total.